The molecule has 0 bridgehead atoms. The van der Waals surface area contributed by atoms with Gasteiger partial charge in [-0.05, 0) is 43.5 Å². The van der Waals surface area contributed by atoms with Crippen LogP contribution in [0.15, 0.2) is 18.2 Å². The summed E-state index contributed by atoms with van der Waals surface area (Å²) in [7, 11) is 0. The highest BCUT2D eigenvalue weighted by molar-refractivity contribution is 6.33. The summed E-state index contributed by atoms with van der Waals surface area (Å²) in [6.45, 7) is 4.72. The van der Waals surface area contributed by atoms with Crippen molar-refractivity contribution in [2.45, 2.75) is 50.7 Å². The predicted molar refractivity (Wildman–Crippen MR) is 79.0 cm³/mol. The van der Waals surface area contributed by atoms with Gasteiger partial charge in [-0.3, -0.25) is 0 Å². The van der Waals surface area contributed by atoms with E-state index >= 15 is 0 Å². The fourth-order valence-electron chi connectivity index (χ4n) is 2.73. The average Bonchev–Trinajstić information content (AvgIpc) is 2.33. The lowest BCUT2D eigenvalue weighted by molar-refractivity contribution is -0.152. The molecule has 4 heteroatoms. The Morgan fingerprint density at radius 3 is 2.79 bits per heavy atom. The summed E-state index contributed by atoms with van der Waals surface area (Å²) in [4.78, 5) is 0. The van der Waals surface area contributed by atoms with E-state index in [0.29, 0.717) is 35.9 Å². The van der Waals surface area contributed by atoms with Crippen molar-refractivity contribution in [3.63, 3.8) is 0 Å². The Morgan fingerprint density at radius 2 is 2.11 bits per heavy atom. The lowest BCUT2D eigenvalue weighted by atomic mass is 9.78. The normalized spacial score (nSPS) is 31.4. The molecule has 0 radical (unpaired) electrons. The Morgan fingerprint density at radius 1 is 1.37 bits per heavy atom. The van der Waals surface area contributed by atoms with Crippen LogP contribution < -0.4 is 0 Å². The summed E-state index contributed by atoms with van der Waals surface area (Å²) in [5, 5.41) is 12.1. The summed E-state index contributed by atoms with van der Waals surface area (Å²) in [5.74, 6) is 0. The third kappa shape index (κ3) is 3.63. The summed E-state index contributed by atoms with van der Waals surface area (Å²) in [6, 6.07) is 5.37. The zero-order chi connectivity index (χ0) is 14.1. The van der Waals surface area contributed by atoms with Crippen LogP contribution in [0, 0.1) is 0 Å². The van der Waals surface area contributed by atoms with E-state index in [1.165, 1.54) is 0 Å². The highest BCUT2D eigenvalue weighted by Gasteiger charge is 2.41. The van der Waals surface area contributed by atoms with Crippen LogP contribution in [0.1, 0.15) is 38.7 Å². The van der Waals surface area contributed by atoms with Gasteiger partial charge < -0.3 is 9.84 Å². The molecule has 1 aliphatic rings. The van der Waals surface area contributed by atoms with Crippen molar-refractivity contribution in [1.82, 2.24) is 0 Å². The first-order valence-electron chi connectivity index (χ1n) is 6.66. The van der Waals surface area contributed by atoms with Gasteiger partial charge in [-0.25, -0.2) is 0 Å². The maximum absolute atomic E-state index is 10.8. The minimum absolute atomic E-state index is 0.252. The third-order valence-corrected chi connectivity index (χ3v) is 4.60. The SMILES string of the molecule is CCC1(C)CC(O)(Cc2cc(Cl)ccc2Cl)CCO1. The number of aliphatic hydroxyl groups is 1. The standard InChI is InChI=1S/C15H20Cl2O2/c1-3-14(2)10-15(18,6-7-19-14)9-11-8-12(16)4-5-13(11)17/h4-5,8,18H,3,6-7,9-10H2,1-2H3. The number of hydrogen-bond donors (Lipinski definition) is 1. The van der Waals surface area contributed by atoms with Gasteiger partial charge in [0.05, 0.1) is 17.8 Å². The molecule has 2 atom stereocenters. The zero-order valence-electron chi connectivity index (χ0n) is 11.4. The van der Waals surface area contributed by atoms with E-state index in [9.17, 15) is 5.11 Å². The summed E-state index contributed by atoms with van der Waals surface area (Å²) in [6.07, 6.45) is 2.66. The van der Waals surface area contributed by atoms with Crippen LogP contribution in [-0.4, -0.2) is 22.9 Å². The summed E-state index contributed by atoms with van der Waals surface area (Å²) >= 11 is 12.2. The molecule has 0 amide bonds. The fraction of sp³-hybridized carbons (Fsp3) is 0.600. The van der Waals surface area contributed by atoms with Gasteiger partial charge >= 0.3 is 0 Å². The van der Waals surface area contributed by atoms with Gasteiger partial charge in [0.2, 0.25) is 0 Å². The Balaban J connectivity index is 2.19. The van der Waals surface area contributed by atoms with Gasteiger partial charge in [-0.1, -0.05) is 30.1 Å². The van der Waals surface area contributed by atoms with Crippen LogP contribution in [0.4, 0.5) is 0 Å². The molecule has 0 saturated carbocycles. The number of hydrogen-bond acceptors (Lipinski definition) is 2. The minimum Gasteiger partial charge on any atom is -0.389 e. The van der Waals surface area contributed by atoms with E-state index in [1.54, 1.807) is 12.1 Å². The largest absolute Gasteiger partial charge is 0.389 e. The molecule has 0 aromatic heterocycles. The van der Waals surface area contributed by atoms with Crippen molar-refractivity contribution >= 4 is 23.2 Å². The topological polar surface area (TPSA) is 29.5 Å². The van der Waals surface area contributed by atoms with Crippen molar-refractivity contribution < 1.29 is 9.84 Å². The van der Waals surface area contributed by atoms with Gasteiger partial charge in [0.25, 0.3) is 0 Å². The van der Waals surface area contributed by atoms with Crippen LogP contribution >= 0.6 is 23.2 Å². The maximum Gasteiger partial charge on any atom is 0.0737 e. The Labute approximate surface area is 124 Å². The Kier molecular flexibility index (Phi) is 4.46. The Hall–Kier alpha value is -0.280. The number of rotatable bonds is 3. The van der Waals surface area contributed by atoms with E-state index in [-0.39, 0.29) is 5.60 Å². The van der Waals surface area contributed by atoms with Gasteiger partial charge in [0.15, 0.2) is 0 Å². The van der Waals surface area contributed by atoms with E-state index < -0.39 is 5.60 Å². The number of ether oxygens (including phenoxy) is 1. The molecule has 1 N–H and O–H groups in total. The maximum atomic E-state index is 10.8. The molecule has 2 nitrogen and oxygen atoms in total. The lowest BCUT2D eigenvalue weighted by Gasteiger charge is -2.43. The molecule has 19 heavy (non-hydrogen) atoms. The fourth-order valence-corrected chi connectivity index (χ4v) is 3.11. The highest BCUT2D eigenvalue weighted by atomic mass is 35.5. The first-order chi connectivity index (χ1) is 8.86. The average molecular weight is 303 g/mol. The quantitative estimate of drug-likeness (QED) is 0.904. The van der Waals surface area contributed by atoms with Crippen molar-refractivity contribution in [1.29, 1.82) is 0 Å². The monoisotopic (exact) mass is 302 g/mol. The summed E-state index contributed by atoms with van der Waals surface area (Å²) < 4.78 is 5.78. The molecule has 1 aromatic rings. The molecule has 1 aliphatic heterocycles. The van der Waals surface area contributed by atoms with Gasteiger partial charge in [-0.2, -0.15) is 0 Å². The van der Waals surface area contributed by atoms with Crippen LogP contribution in [0.3, 0.4) is 0 Å². The lowest BCUT2D eigenvalue weighted by Crippen LogP contribution is -2.48. The second-order valence-electron chi connectivity index (χ2n) is 5.72. The molecule has 2 unspecified atom stereocenters. The molecule has 0 aliphatic carbocycles. The van der Waals surface area contributed by atoms with E-state index in [4.69, 9.17) is 27.9 Å². The molecule has 1 aromatic carbocycles. The zero-order valence-corrected chi connectivity index (χ0v) is 12.9. The second-order valence-corrected chi connectivity index (χ2v) is 6.56. The van der Waals surface area contributed by atoms with Crippen LogP contribution in [0.25, 0.3) is 0 Å². The van der Waals surface area contributed by atoms with Crippen LogP contribution in [0.5, 0.6) is 0 Å². The molecule has 1 fully saturated rings. The molecule has 106 valence electrons. The number of benzene rings is 1. The first-order valence-corrected chi connectivity index (χ1v) is 7.42. The van der Waals surface area contributed by atoms with Crippen molar-refractivity contribution in [3.8, 4) is 0 Å². The first kappa shape index (κ1) is 15.1. The Bertz CT molecular complexity index is 463. The molecule has 2 rings (SSSR count). The van der Waals surface area contributed by atoms with Crippen molar-refractivity contribution in [2.75, 3.05) is 6.61 Å². The second kappa shape index (κ2) is 5.61. The smallest absolute Gasteiger partial charge is 0.0737 e. The molecular weight excluding hydrogens is 283 g/mol. The predicted octanol–water partition coefficient (Wildman–Crippen LogP) is 4.25. The molecule has 0 spiro atoms. The molecular formula is C15H20Cl2O2. The van der Waals surface area contributed by atoms with Gasteiger partial charge in [0.1, 0.15) is 0 Å². The van der Waals surface area contributed by atoms with Gasteiger partial charge in [0, 0.05) is 22.9 Å². The van der Waals surface area contributed by atoms with Crippen molar-refractivity contribution in [2.24, 2.45) is 0 Å². The molecule has 1 saturated heterocycles. The summed E-state index contributed by atoms with van der Waals surface area (Å²) in [5.41, 5.74) is -0.118. The van der Waals surface area contributed by atoms with Crippen molar-refractivity contribution in [3.05, 3.63) is 33.8 Å². The van der Waals surface area contributed by atoms with Gasteiger partial charge in [-0.15, -0.1) is 0 Å². The molecule has 1 heterocycles. The number of halogens is 2. The third-order valence-electron chi connectivity index (χ3n) is 4.00. The highest BCUT2D eigenvalue weighted by Crippen LogP contribution is 2.37. The minimum atomic E-state index is -0.767. The van der Waals surface area contributed by atoms with Crippen LogP contribution in [0.2, 0.25) is 10.0 Å². The van der Waals surface area contributed by atoms with E-state index in [1.807, 2.05) is 6.07 Å². The van der Waals surface area contributed by atoms with E-state index in [2.05, 4.69) is 13.8 Å². The van der Waals surface area contributed by atoms with Crippen LogP contribution in [-0.2, 0) is 11.2 Å². The van der Waals surface area contributed by atoms with E-state index in [0.717, 1.165) is 12.0 Å².